The van der Waals surface area contributed by atoms with Gasteiger partial charge in [0.05, 0.1) is 5.69 Å². The van der Waals surface area contributed by atoms with E-state index in [1.165, 1.54) is 6.07 Å². The van der Waals surface area contributed by atoms with Gasteiger partial charge in [-0.05, 0) is 51.1 Å². The molecule has 1 aromatic heterocycles. The third-order valence-corrected chi connectivity index (χ3v) is 4.59. The topological polar surface area (TPSA) is 62.2 Å². The molecular weight excluding hydrogens is 369 g/mol. The number of nitrogens with one attached hydrogen (secondary N) is 2. The first-order valence-corrected chi connectivity index (χ1v) is 9.09. The predicted molar refractivity (Wildman–Crippen MR) is 107 cm³/mol. The molecule has 0 atom stereocenters. The van der Waals surface area contributed by atoms with Crippen molar-refractivity contribution >= 4 is 18.3 Å². The molecule has 3 rings (SSSR count). The van der Waals surface area contributed by atoms with Crippen LogP contribution in [0.15, 0.2) is 24.3 Å². The minimum Gasteiger partial charge on any atom is -0.352 e. The van der Waals surface area contributed by atoms with Crippen molar-refractivity contribution < 1.29 is 9.18 Å². The van der Waals surface area contributed by atoms with E-state index >= 15 is 0 Å². The molecule has 1 aliphatic rings. The largest absolute Gasteiger partial charge is 0.352 e. The maximum atomic E-state index is 14.5. The van der Waals surface area contributed by atoms with Crippen molar-refractivity contribution in [2.75, 3.05) is 39.3 Å². The summed E-state index contributed by atoms with van der Waals surface area (Å²) in [5.41, 5.74) is 2.36. The van der Waals surface area contributed by atoms with Gasteiger partial charge < -0.3 is 15.5 Å². The van der Waals surface area contributed by atoms with E-state index in [1.807, 2.05) is 19.9 Å². The van der Waals surface area contributed by atoms with Crippen molar-refractivity contribution in [3.8, 4) is 5.69 Å². The quantitative estimate of drug-likeness (QED) is 0.735. The highest BCUT2D eigenvalue weighted by atomic mass is 35.5. The number of aryl methyl sites for hydroxylation is 2. The molecule has 1 aliphatic heterocycles. The SMILES string of the molecule is Cc1cc(C)n(-c2ccc(C(=O)NCCCN3CCNCC3)cc2F)n1.Cl. The molecule has 2 aromatic rings. The molecule has 0 unspecified atom stereocenters. The van der Waals surface area contributed by atoms with E-state index in [9.17, 15) is 9.18 Å². The monoisotopic (exact) mass is 395 g/mol. The van der Waals surface area contributed by atoms with E-state index in [2.05, 4.69) is 20.6 Å². The van der Waals surface area contributed by atoms with Crippen LogP contribution in [0, 0.1) is 19.7 Å². The molecule has 1 amide bonds. The van der Waals surface area contributed by atoms with Crippen LogP contribution in [0.2, 0.25) is 0 Å². The lowest BCUT2D eigenvalue weighted by Crippen LogP contribution is -2.44. The normalized spacial score (nSPS) is 14.6. The highest BCUT2D eigenvalue weighted by Crippen LogP contribution is 2.17. The van der Waals surface area contributed by atoms with Crippen LogP contribution in [0.1, 0.15) is 28.2 Å². The number of hydrogen-bond donors (Lipinski definition) is 2. The van der Waals surface area contributed by atoms with Crippen LogP contribution in [-0.4, -0.2) is 59.9 Å². The minimum absolute atomic E-state index is 0. The van der Waals surface area contributed by atoms with Gasteiger partial charge in [-0.25, -0.2) is 9.07 Å². The Morgan fingerprint density at radius 1 is 1.26 bits per heavy atom. The van der Waals surface area contributed by atoms with Crippen LogP contribution < -0.4 is 10.6 Å². The zero-order chi connectivity index (χ0) is 18.5. The maximum absolute atomic E-state index is 14.5. The summed E-state index contributed by atoms with van der Waals surface area (Å²) in [6.07, 6.45) is 0.887. The highest BCUT2D eigenvalue weighted by Gasteiger charge is 2.13. The number of halogens is 2. The molecule has 0 bridgehead atoms. The third kappa shape index (κ3) is 5.51. The number of aromatic nitrogens is 2. The molecule has 0 radical (unpaired) electrons. The van der Waals surface area contributed by atoms with Gasteiger partial charge in [-0.1, -0.05) is 0 Å². The lowest BCUT2D eigenvalue weighted by Gasteiger charge is -2.27. The van der Waals surface area contributed by atoms with Crippen molar-refractivity contribution in [3.05, 3.63) is 47.0 Å². The summed E-state index contributed by atoms with van der Waals surface area (Å²) in [5.74, 6) is -0.700. The second-order valence-electron chi connectivity index (χ2n) is 6.71. The number of nitrogens with zero attached hydrogens (tertiary/aromatic N) is 3. The van der Waals surface area contributed by atoms with Crippen LogP contribution in [0.3, 0.4) is 0 Å². The van der Waals surface area contributed by atoms with E-state index in [0.717, 1.165) is 50.5 Å². The van der Waals surface area contributed by atoms with Crippen molar-refractivity contribution in [3.63, 3.8) is 0 Å². The van der Waals surface area contributed by atoms with Crippen molar-refractivity contribution in [1.29, 1.82) is 0 Å². The fourth-order valence-corrected chi connectivity index (χ4v) is 3.23. The summed E-state index contributed by atoms with van der Waals surface area (Å²) < 4.78 is 16.0. The second-order valence-corrected chi connectivity index (χ2v) is 6.71. The number of benzene rings is 1. The second kappa shape index (κ2) is 9.82. The van der Waals surface area contributed by atoms with E-state index in [0.29, 0.717) is 17.8 Å². The van der Waals surface area contributed by atoms with E-state index in [4.69, 9.17) is 0 Å². The average molecular weight is 396 g/mol. The Kier molecular flexibility index (Phi) is 7.77. The Morgan fingerprint density at radius 3 is 2.63 bits per heavy atom. The molecule has 6 nitrogen and oxygen atoms in total. The molecule has 2 heterocycles. The van der Waals surface area contributed by atoms with E-state index in [-0.39, 0.29) is 18.3 Å². The summed E-state index contributed by atoms with van der Waals surface area (Å²) >= 11 is 0. The van der Waals surface area contributed by atoms with Gasteiger partial charge in [0, 0.05) is 44.0 Å². The molecule has 1 saturated heterocycles. The zero-order valence-corrected chi connectivity index (χ0v) is 16.6. The van der Waals surface area contributed by atoms with Crippen LogP contribution in [0.4, 0.5) is 4.39 Å². The highest BCUT2D eigenvalue weighted by molar-refractivity contribution is 5.94. The smallest absolute Gasteiger partial charge is 0.251 e. The first-order chi connectivity index (χ1) is 12.5. The summed E-state index contributed by atoms with van der Waals surface area (Å²) in [5, 5.41) is 10.5. The number of hydrogen-bond acceptors (Lipinski definition) is 4. The van der Waals surface area contributed by atoms with Crippen LogP contribution in [-0.2, 0) is 0 Å². The Hall–Kier alpha value is -1.96. The Labute approximate surface area is 165 Å². The van der Waals surface area contributed by atoms with E-state index < -0.39 is 5.82 Å². The number of piperazine rings is 1. The Balaban J connectivity index is 0.00000261. The lowest BCUT2D eigenvalue weighted by atomic mass is 10.1. The first kappa shape index (κ1) is 21.3. The molecule has 1 fully saturated rings. The van der Waals surface area contributed by atoms with Gasteiger partial charge in [0.15, 0.2) is 0 Å². The van der Waals surface area contributed by atoms with Gasteiger partial charge in [0.1, 0.15) is 11.5 Å². The maximum Gasteiger partial charge on any atom is 0.251 e. The summed E-state index contributed by atoms with van der Waals surface area (Å²) in [6, 6.07) is 6.40. The van der Waals surface area contributed by atoms with Crippen molar-refractivity contribution in [2.45, 2.75) is 20.3 Å². The van der Waals surface area contributed by atoms with Crippen LogP contribution >= 0.6 is 12.4 Å². The summed E-state index contributed by atoms with van der Waals surface area (Å²) in [7, 11) is 0. The molecule has 27 heavy (non-hydrogen) atoms. The number of carbonyl (C=O) groups excluding carboxylic acids is 1. The molecular formula is C19H27ClFN5O. The summed E-state index contributed by atoms with van der Waals surface area (Å²) in [6.45, 7) is 9.43. The molecule has 0 spiro atoms. The number of rotatable bonds is 6. The summed E-state index contributed by atoms with van der Waals surface area (Å²) in [4.78, 5) is 14.6. The molecule has 0 saturated carbocycles. The molecule has 2 N–H and O–H groups in total. The van der Waals surface area contributed by atoms with Crippen molar-refractivity contribution in [2.24, 2.45) is 0 Å². The van der Waals surface area contributed by atoms with Gasteiger partial charge in [-0.2, -0.15) is 5.10 Å². The predicted octanol–water partition coefficient (Wildman–Crippen LogP) is 2.08. The zero-order valence-electron chi connectivity index (χ0n) is 15.8. The Morgan fingerprint density at radius 2 is 2.00 bits per heavy atom. The molecule has 0 aliphatic carbocycles. The third-order valence-electron chi connectivity index (χ3n) is 4.59. The fourth-order valence-electron chi connectivity index (χ4n) is 3.23. The minimum atomic E-state index is -0.454. The molecule has 1 aromatic carbocycles. The van der Waals surface area contributed by atoms with Crippen LogP contribution in [0.5, 0.6) is 0 Å². The standard InChI is InChI=1S/C19H26FN5O.ClH/c1-14-12-15(2)25(23-14)18-5-4-16(13-17(18)20)19(26)22-6-3-9-24-10-7-21-8-11-24;/h4-5,12-13,21H,3,6-11H2,1-2H3,(H,22,26);1H. The van der Waals surface area contributed by atoms with Gasteiger partial charge in [0.2, 0.25) is 0 Å². The van der Waals surface area contributed by atoms with Gasteiger partial charge >= 0.3 is 0 Å². The lowest BCUT2D eigenvalue weighted by molar-refractivity contribution is 0.0951. The van der Waals surface area contributed by atoms with E-state index in [1.54, 1.807) is 16.8 Å². The van der Waals surface area contributed by atoms with Crippen molar-refractivity contribution in [1.82, 2.24) is 25.3 Å². The first-order valence-electron chi connectivity index (χ1n) is 9.09. The molecule has 8 heteroatoms. The van der Waals surface area contributed by atoms with Gasteiger partial charge in [-0.15, -0.1) is 12.4 Å². The fraction of sp³-hybridized carbons (Fsp3) is 0.474. The Bertz CT molecular complexity index is 773. The molecule has 148 valence electrons. The van der Waals surface area contributed by atoms with Gasteiger partial charge in [-0.3, -0.25) is 4.79 Å². The van der Waals surface area contributed by atoms with Gasteiger partial charge in [0.25, 0.3) is 5.91 Å². The number of carbonyl (C=O) groups is 1. The average Bonchev–Trinajstić information content (AvgIpc) is 2.97. The number of amides is 1. The van der Waals surface area contributed by atoms with Crippen LogP contribution in [0.25, 0.3) is 5.69 Å².